The molecule has 1 aliphatic heterocycles. The summed E-state index contributed by atoms with van der Waals surface area (Å²) in [6.45, 7) is 13.2. The van der Waals surface area contributed by atoms with Gasteiger partial charge in [0.2, 0.25) is 0 Å². The van der Waals surface area contributed by atoms with Gasteiger partial charge < -0.3 is 14.8 Å². The molecular formula is C14H30N2O2. The molecule has 0 bridgehead atoms. The molecule has 1 saturated heterocycles. The highest BCUT2D eigenvalue weighted by atomic mass is 16.5. The number of likely N-dealkylation sites (N-methyl/N-ethyl adjacent to an activating group) is 1. The predicted molar refractivity (Wildman–Crippen MR) is 75.0 cm³/mol. The maximum atomic E-state index is 5.92. The van der Waals surface area contributed by atoms with Gasteiger partial charge in [0.15, 0.2) is 0 Å². The van der Waals surface area contributed by atoms with Crippen LogP contribution in [-0.4, -0.2) is 63.0 Å². The number of hydrogen-bond acceptors (Lipinski definition) is 4. The molecule has 0 spiro atoms. The first-order chi connectivity index (χ1) is 8.81. The molecule has 18 heavy (non-hydrogen) atoms. The van der Waals surface area contributed by atoms with Crippen LogP contribution >= 0.6 is 0 Å². The average Bonchev–Trinajstić information content (AvgIpc) is 2.39. The fourth-order valence-electron chi connectivity index (χ4n) is 2.41. The summed E-state index contributed by atoms with van der Waals surface area (Å²) in [6, 6.07) is 0.321. The van der Waals surface area contributed by atoms with Gasteiger partial charge in [0.1, 0.15) is 0 Å². The minimum Gasteiger partial charge on any atom is -0.380 e. The lowest BCUT2D eigenvalue weighted by Gasteiger charge is -2.37. The Bertz CT molecular complexity index is 198. The molecule has 1 rings (SSSR count). The first-order valence-corrected chi connectivity index (χ1v) is 7.46. The molecule has 0 saturated carbocycles. The summed E-state index contributed by atoms with van der Waals surface area (Å²) < 4.78 is 11.6. The molecule has 4 heteroatoms. The molecule has 1 fully saturated rings. The largest absolute Gasteiger partial charge is 0.380 e. The van der Waals surface area contributed by atoms with Crippen molar-refractivity contribution in [1.29, 1.82) is 0 Å². The SMILES string of the molecule is CCCOCC(NCC)C1CN(CCC)CCO1. The van der Waals surface area contributed by atoms with Gasteiger partial charge in [0.05, 0.1) is 25.4 Å². The van der Waals surface area contributed by atoms with E-state index in [-0.39, 0.29) is 6.10 Å². The molecule has 2 atom stereocenters. The van der Waals surface area contributed by atoms with Crippen LogP contribution in [0, 0.1) is 0 Å². The van der Waals surface area contributed by atoms with Gasteiger partial charge in [0, 0.05) is 19.7 Å². The molecule has 1 heterocycles. The molecule has 0 aromatic rings. The van der Waals surface area contributed by atoms with Gasteiger partial charge in [-0.25, -0.2) is 0 Å². The number of nitrogens with zero attached hydrogens (tertiary/aromatic N) is 1. The molecule has 4 nitrogen and oxygen atoms in total. The minimum atomic E-state index is 0.266. The lowest BCUT2D eigenvalue weighted by atomic mass is 10.1. The van der Waals surface area contributed by atoms with Gasteiger partial charge >= 0.3 is 0 Å². The standard InChI is InChI=1S/C14H30N2O2/c1-4-7-16-8-10-18-14(11-16)13(15-6-3)12-17-9-5-2/h13-15H,4-12H2,1-3H3. The minimum absolute atomic E-state index is 0.266. The fraction of sp³-hybridized carbons (Fsp3) is 1.00. The molecule has 1 N–H and O–H groups in total. The lowest BCUT2D eigenvalue weighted by molar-refractivity contribution is -0.0610. The Kier molecular flexibility index (Phi) is 8.59. The van der Waals surface area contributed by atoms with Crippen LogP contribution in [0.4, 0.5) is 0 Å². The van der Waals surface area contributed by atoms with Crippen LogP contribution in [0.1, 0.15) is 33.6 Å². The second-order valence-electron chi connectivity index (χ2n) is 4.95. The maximum absolute atomic E-state index is 5.92. The first-order valence-electron chi connectivity index (χ1n) is 7.46. The molecule has 0 aromatic carbocycles. The van der Waals surface area contributed by atoms with Crippen molar-refractivity contribution in [3.63, 3.8) is 0 Å². The van der Waals surface area contributed by atoms with Crippen LogP contribution in [0.2, 0.25) is 0 Å². The number of ether oxygens (including phenoxy) is 2. The first kappa shape index (κ1) is 15.9. The molecule has 2 unspecified atom stereocenters. The summed E-state index contributed by atoms with van der Waals surface area (Å²) >= 11 is 0. The van der Waals surface area contributed by atoms with Gasteiger partial charge in [-0.3, -0.25) is 4.90 Å². The van der Waals surface area contributed by atoms with E-state index in [0.29, 0.717) is 6.04 Å². The zero-order valence-electron chi connectivity index (χ0n) is 12.3. The average molecular weight is 258 g/mol. The van der Waals surface area contributed by atoms with Crippen molar-refractivity contribution in [2.24, 2.45) is 0 Å². The molecule has 1 aliphatic rings. The van der Waals surface area contributed by atoms with Gasteiger partial charge in [0.25, 0.3) is 0 Å². The molecule has 0 aliphatic carbocycles. The van der Waals surface area contributed by atoms with E-state index in [2.05, 4.69) is 31.0 Å². The van der Waals surface area contributed by atoms with Gasteiger partial charge in [-0.2, -0.15) is 0 Å². The van der Waals surface area contributed by atoms with E-state index in [1.807, 2.05) is 0 Å². The number of morpholine rings is 1. The van der Waals surface area contributed by atoms with Crippen molar-refractivity contribution < 1.29 is 9.47 Å². The van der Waals surface area contributed by atoms with Crippen LogP contribution in [0.3, 0.4) is 0 Å². The van der Waals surface area contributed by atoms with Crippen LogP contribution in [0.15, 0.2) is 0 Å². The Morgan fingerprint density at radius 3 is 2.83 bits per heavy atom. The second kappa shape index (κ2) is 9.73. The summed E-state index contributed by atoms with van der Waals surface area (Å²) in [6.07, 6.45) is 2.55. The van der Waals surface area contributed by atoms with Crippen molar-refractivity contribution in [3.05, 3.63) is 0 Å². The zero-order chi connectivity index (χ0) is 13.2. The summed E-state index contributed by atoms with van der Waals surface area (Å²) in [4.78, 5) is 2.50. The van der Waals surface area contributed by atoms with Crippen molar-refractivity contribution in [2.45, 2.75) is 45.8 Å². The van der Waals surface area contributed by atoms with Crippen molar-refractivity contribution >= 4 is 0 Å². The second-order valence-corrected chi connectivity index (χ2v) is 4.95. The van der Waals surface area contributed by atoms with Crippen molar-refractivity contribution in [1.82, 2.24) is 10.2 Å². The van der Waals surface area contributed by atoms with Gasteiger partial charge in [-0.1, -0.05) is 20.8 Å². The van der Waals surface area contributed by atoms with Crippen molar-refractivity contribution in [2.75, 3.05) is 46.0 Å². The summed E-state index contributed by atoms with van der Waals surface area (Å²) in [5, 5.41) is 3.50. The van der Waals surface area contributed by atoms with E-state index < -0.39 is 0 Å². The summed E-state index contributed by atoms with van der Waals surface area (Å²) in [7, 11) is 0. The third-order valence-electron chi connectivity index (χ3n) is 3.28. The Morgan fingerprint density at radius 1 is 1.33 bits per heavy atom. The fourth-order valence-corrected chi connectivity index (χ4v) is 2.41. The Labute approximate surface area is 112 Å². The third kappa shape index (κ3) is 5.65. The van der Waals surface area contributed by atoms with E-state index in [9.17, 15) is 0 Å². The smallest absolute Gasteiger partial charge is 0.0877 e. The zero-order valence-corrected chi connectivity index (χ0v) is 12.3. The molecule has 108 valence electrons. The van der Waals surface area contributed by atoms with Gasteiger partial charge in [-0.05, 0) is 25.9 Å². The maximum Gasteiger partial charge on any atom is 0.0877 e. The Morgan fingerprint density at radius 2 is 2.17 bits per heavy atom. The number of nitrogens with one attached hydrogen (secondary N) is 1. The Balaban J connectivity index is 2.39. The van der Waals surface area contributed by atoms with E-state index >= 15 is 0 Å². The van der Waals surface area contributed by atoms with Crippen LogP contribution in [0.25, 0.3) is 0 Å². The van der Waals surface area contributed by atoms with E-state index in [0.717, 1.165) is 45.9 Å². The van der Waals surface area contributed by atoms with Gasteiger partial charge in [-0.15, -0.1) is 0 Å². The predicted octanol–water partition coefficient (Wildman–Crippen LogP) is 1.50. The highest BCUT2D eigenvalue weighted by Gasteiger charge is 2.27. The highest BCUT2D eigenvalue weighted by Crippen LogP contribution is 2.10. The number of rotatable bonds is 9. The molecule has 0 radical (unpaired) electrons. The highest BCUT2D eigenvalue weighted by molar-refractivity contribution is 4.82. The lowest BCUT2D eigenvalue weighted by Crippen LogP contribution is -2.54. The van der Waals surface area contributed by atoms with E-state index in [4.69, 9.17) is 9.47 Å². The molecular weight excluding hydrogens is 228 g/mol. The molecule has 0 aromatic heterocycles. The quantitative estimate of drug-likeness (QED) is 0.636. The van der Waals surface area contributed by atoms with Crippen LogP contribution < -0.4 is 5.32 Å². The Hall–Kier alpha value is -0.160. The normalized spacial score (nSPS) is 23.2. The van der Waals surface area contributed by atoms with Crippen LogP contribution in [-0.2, 0) is 9.47 Å². The molecule has 0 amide bonds. The monoisotopic (exact) mass is 258 g/mol. The summed E-state index contributed by atoms with van der Waals surface area (Å²) in [5.41, 5.74) is 0. The van der Waals surface area contributed by atoms with E-state index in [1.165, 1.54) is 13.0 Å². The van der Waals surface area contributed by atoms with Crippen molar-refractivity contribution in [3.8, 4) is 0 Å². The van der Waals surface area contributed by atoms with Crippen LogP contribution in [0.5, 0.6) is 0 Å². The topological polar surface area (TPSA) is 33.7 Å². The third-order valence-corrected chi connectivity index (χ3v) is 3.28. The van der Waals surface area contributed by atoms with E-state index in [1.54, 1.807) is 0 Å². The summed E-state index contributed by atoms with van der Waals surface area (Å²) in [5.74, 6) is 0. The number of hydrogen-bond donors (Lipinski definition) is 1.